The molecule has 32 heavy (non-hydrogen) atoms. The number of rotatable bonds is 7. The van der Waals surface area contributed by atoms with Gasteiger partial charge in [0.2, 0.25) is 0 Å². The molecule has 2 heterocycles. The van der Waals surface area contributed by atoms with Crippen LogP contribution in [0, 0.1) is 0 Å². The van der Waals surface area contributed by atoms with Gasteiger partial charge in [-0.1, -0.05) is 60.7 Å². The molecule has 4 rings (SSSR count). The molecule has 0 amide bonds. The molecule has 6 heteroatoms. The van der Waals surface area contributed by atoms with Crippen molar-refractivity contribution in [2.24, 2.45) is 4.99 Å². The average Bonchev–Trinajstić information content (AvgIpc) is 2.86. The first-order valence-corrected chi connectivity index (χ1v) is 11.1. The molecule has 0 atom stereocenters. The van der Waals surface area contributed by atoms with E-state index in [1.807, 2.05) is 43.6 Å². The number of benzene rings is 2. The highest BCUT2D eigenvalue weighted by molar-refractivity contribution is 5.80. The quantitative estimate of drug-likeness (QED) is 0.459. The lowest BCUT2D eigenvalue weighted by Gasteiger charge is -2.37. The van der Waals surface area contributed by atoms with E-state index in [4.69, 9.17) is 4.74 Å². The minimum atomic E-state index is 0.604. The fourth-order valence-corrected chi connectivity index (χ4v) is 3.89. The normalized spacial score (nSPS) is 14.5. The fourth-order valence-electron chi connectivity index (χ4n) is 3.89. The first-order chi connectivity index (χ1) is 15.8. The highest BCUT2D eigenvalue weighted by atomic mass is 16.5. The van der Waals surface area contributed by atoms with Crippen LogP contribution in [-0.4, -0.2) is 49.1 Å². The number of hydrogen-bond acceptors (Lipinski definition) is 4. The summed E-state index contributed by atoms with van der Waals surface area (Å²) in [5, 5.41) is 3.52. The molecular weight excluding hydrogens is 398 g/mol. The van der Waals surface area contributed by atoms with Crippen molar-refractivity contribution in [2.75, 3.05) is 38.1 Å². The van der Waals surface area contributed by atoms with E-state index < -0.39 is 0 Å². The number of aromatic nitrogens is 1. The first kappa shape index (κ1) is 21.8. The molecule has 0 radical (unpaired) electrons. The number of nitrogens with one attached hydrogen (secondary N) is 1. The lowest BCUT2D eigenvalue weighted by atomic mass is 10.1. The maximum Gasteiger partial charge on any atom is 0.194 e. The van der Waals surface area contributed by atoms with E-state index in [0.29, 0.717) is 13.2 Å². The number of anilines is 1. The number of hydrogen-bond donors (Lipinski definition) is 1. The predicted octanol–water partition coefficient (Wildman–Crippen LogP) is 3.70. The molecule has 2 aromatic carbocycles. The summed E-state index contributed by atoms with van der Waals surface area (Å²) in [5.74, 6) is 1.98. The zero-order valence-corrected chi connectivity index (χ0v) is 18.7. The SMILES string of the molecule is CN=C(NCc1cccc(COCc2ccccc2)c1)N1CCN(c2ccccn2)CC1. The van der Waals surface area contributed by atoms with Crippen molar-refractivity contribution in [3.63, 3.8) is 0 Å². The van der Waals surface area contributed by atoms with Gasteiger partial charge in [0.05, 0.1) is 13.2 Å². The topological polar surface area (TPSA) is 53.0 Å². The Hall–Kier alpha value is -3.38. The second kappa shape index (κ2) is 11.3. The molecule has 1 saturated heterocycles. The molecule has 1 aliphatic rings. The number of pyridine rings is 1. The average molecular weight is 430 g/mol. The Kier molecular flexibility index (Phi) is 7.71. The van der Waals surface area contributed by atoms with Crippen LogP contribution in [0.2, 0.25) is 0 Å². The summed E-state index contributed by atoms with van der Waals surface area (Å²) in [7, 11) is 1.85. The zero-order valence-electron chi connectivity index (χ0n) is 18.7. The molecule has 3 aromatic rings. The smallest absolute Gasteiger partial charge is 0.194 e. The number of aliphatic imine (C=N–C) groups is 1. The van der Waals surface area contributed by atoms with Gasteiger partial charge in [0.25, 0.3) is 0 Å². The van der Waals surface area contributed by atoms with Crippen molar-refractivity contribution in [3.05, 3.63) is 95.7 Å². The Morgan fingerprint density at radius 2 is 1.59 bits per heavy atom. The van der Waals surface area contributed by atoms with Crippen LogP contribution in [0.1, 0.15) is 16.7 Å². The molecule has 1 N–H and O–H groups in total. The Bertz CT molecular complexity index is 985. The van der Waals surface area contributed by atoms with E-state index in [2.05, 4.69) is 67.6 Å². The Morgan fingerprint density at radius 1 is 0.875 bits per heavy atom. The van der Waals surface area contributed by atoms with E-state index in [0.717, 1.165) is 44.5 Å². The van der Waals surface area contributed by atoms with Crippen LogP contribution in [0.5, 0.6) is 0 Å². The number of guanidine groups is 1. The van der Waals surface area contributed by atoms with E-state index in [-0.39, 0.29) is 0 Å². The standard InChI is InChI=1S/C26H31N5O/c1-27-26(31-16-14-30(15-17-31)25-12-5-6-13-28-25)29-19-23-10-7-11-24(18-23)21-32-20-22-8-3-2-4-9-22/h2-13,18H,14-17,19-21H2,1H3,(H,27,29). The summed E-state index contributed by atoms with van der Waals surface area (Å²) in [4.78, 5) is 13.6. The van der Waals surface area contributed by atoms with Crippen molar-refractivity contribution < 1.29 is 4.74 Å². The lowest BCUT2D eigenvalue weighted by molar-refractivity contribution is 0.107. The van der Waals surface area contributed by atoms with E-state index in [9.17, 15) is 0 Å². The number of nitrogens with zero attached hydrogens (tertiary/aromatic N) is 4. The Labute approximate surface area is 190 Å². The van der Waals surface area contributed by atoms with Crippen LogP contribution in [-0.2, 0) is 24.5 Å². The molecule has 6 nitrogen and oxygen atoms in total. The molecule has 1 fully saturated rings. The van der Waals surface area contributed by atoms with E-state index in [1.54, 1.807) is 0 Å². The molecular formula is C26H31N5O. The maximum atomic E-state index is 5.89. The largest absolute Gasteiger partial charge is 0.372 e. The summed E-state index contributed by atoms with van der Waals surface area (Å²) in [6.07, 6.45) is 1.85. The third-order valence-electron chi connectivity index (χ3n) is 5.59. The van der Waals surface area contributed by atoms with Gasteiger partial charge in [0.15, 0.2) is 5.96 Å². The predicted molar refractivity (Wildman–Crippen MR) is 130 cm³/mol. The summed E-state index contributed by atoms with van der Waals surface area (Å²) in [6.45, 7) is 5.68. The number of ether oxygens (including phenoxy) is 1. The summed E-state index contributed by atoms with van der Waals surface area (Å²) in [5.41, 5.74) is 3.59. The van der Waals surface area contributed by atoms with E-state index in [1.165, 1.54) is 16.7 Å². The third-order valence-corrected chi connectivity index (χ3v) is 5.59. The molecule has 0 spiro atoms. The maximum absolute atomic E-state index is 5.89. The van der Waals surface area contributed by atoms with Crippen molar-refractivity contribution in [3.8, 4) is 0 Å². The Balaban J connectivity index is 1.25. The first-order valence-electron chi connectivity index (χ1n) is 11.1. The molecule has 0 unspecified atom stereocenters. The van der Waals surface area contributed by atoms with Crippen molar-refractivity contribution in [1.29, 1.82) is 0 Å². The van der Waals surface area contributed by atoms with Crippen molar-refractivity contribution in [2.45, 2.75) is 19.8 Å². The van der Waals surface area contributed by atoms with Gasteiger partial charge >= 0.3 is 0 Å². The van der Waals surface area contributed by atoms with Gasteiger partial charge < -0.3 is 19.9 Å². The van der Waals surface area contributed by atoms with Gasteiger partial charge in [-0.15, -0.1) is 0 Å². The minimum Gasteiger partial charge on any atom is -0.372 e. The number of piperazine rings is 1. The lowest BCUT2D eigenvalue weighted by Crippen LogP contribution is -2.52. The second-order valence-corrected chi connectivity index (χ2v) is 7.86. The molecule has 1 aliphatic heterocycles. The molecule has 0 aliphatic carbocycles. The molecule has 1 aromatic heterocycles. The summed E-state index contributed by atoms with van der Waals surface area (Å²) >= 11 is 0. The fraction of sp³-hybridized carbons (Fsp3) is 0.308. The van der Waals surface area contributed by atoms with Gasteiger partial charge in [-0.2, -0.15) is 0 Å². The Morgan fingerprint density at radius 3 is 2.34 bits per heavy atom. The second-order valence-electron chi connectivity index (χ2n) is 7.86. The van der Waals surface area contributed by atoms with Crippen LogP contribution in [0.4, 0.5) is 5.82 Å². The van der Waals surface area contributed by atoms with Crippen LogP contribution < -0.4 is 10.2 Å². The van der Waals surface area contributed by atoms with Crippen LogP contribution in [0.25, 0.3) is 0 Å². The van der Waals surface area contributed by atoms with Gasteiger partial charge in [0.1, 0.15) is 5.82 Å². The third kappa shape index (κ3) is 6.08. The molecule has 0 bridgehead atoms. The zero-order chi connectivity index (χ0) is 22.0. The molecule has 166 valence electrons. The van der Waals surface area contributed by atoms with Gasteiger partial charge in [0, 0.05) is 46.0 Å². The van der Waals surface area contributed by atoms with Crippen LogP contribution in [0.3, 0.4) is 0 Å². The van der Waals surface area contributed by atoms with Crippen LogP contribution >= 0.6 is 0 Å². The van der Waals surface area contributed by atoms with Crippen LogP contribution in [0.15, 0.2) is 84.0 Å². The van der Waals surface area contributed by atoms with Crippen molar-refractivity contribution in [1.82, 2.24) is 15.2 Å². The van der Waals surface area contributed by atoms with Gasteiger partial charge in [-0.3, -0.25) is 4.99 Å². The van der Waals surface area contributed by atoms with E-state index >= 15 is 0 Å². The molecule has 0 saturated carbocycles. The van der Waals surface area contributed by atoms with Gasteiger partial charge in [-0.05, 0) is 28.8 Å². The highest BCUT2D eigenvalue weighted by Gasteiger charge is 2.20. The monoisotopic (exact) mass is 429 g/mol. The van der Waals surface area contributed by atoms with Gasteiger partial charge in [-0.25, -0.2) is 4.98 Å². The highest BCUT2D eigenvalue weighted by Crippen LogP contribution is 2.13. The summed E-state index contributed by atoms with van der Waals surface area (Å²) < 4.78 is 5.89. The minimum absolute atomic E-state index is 0.604. The van der Waals surface area contributed by atoms with Crippen molar-refractivity contribution >= 4 is 11.8 Å². The summed E-state index contributed by atoms with van der Waals surface area (Å²) in [6, 6.07) is 24.9.